The molecule has 5 heteroatoms. The Labute approximate surface area is 130 Å². The minimum Gasteiger partial charge on any atom is -0.458 e. The summed E-state index contributed by atoms with van der Waals surface area (Å²) in [4.78, 5) is 16.1. The third kappa shape index (κ3) is 3.99. The van der Waals surface area contributed by atoms with Crippen LogP contribution in [0.1, 0.15) is 23.7 Å². The summed E-state index contributed by atoms with van der Waals surface area (Å²) in [5.74, 6) is 1.48. The first-order valence-electron chi connectivity index (χ1n) is 7.38. The van der Waals surface area contributed by atoms with E-state index >= 15 is 0 Å². The van der Waals surface area contributed by atoms with E-state index in [9.17, 15) is 9.18 Å². The van der Waals surface area contributed by atoms with Crippen LogP contribution in [0.2, 0.25) is 0 Å². The standard InChI is InChI=1S/C17H21FN2O2/c1-4-5-13(2)22-17(21)14-6-7-16(15(18)12-14)20-10-8-19(3)9-11-20/h1,6-7,12-13H,5,8-11H2,2-3H3. The number of ether oxygens (including phenoxy) is 1. The first kappa shape index (κ1) is 16.3. The highest BCUT2D eigenvalue weighted by molar-refractivity contribution is 5.90. The molecule has 0 spiro atoms. The minimum absolute atomic E-state index is 0.208. The summed E-state index contributed by atoms with van der Waals surface area (Å²) in [5, 5.41) is 0. The monoisotopic (exact) mass is 304 g/mol. The fraction of sp³-hybridized carbons (Fsp3) is 0.471. The van der Waals surface area contributed by atoms with E-state index in [4.69, 9.17) is 11.2 Å². The topological polar surface area (TPSA) is 32.8 Å². The zero-order valence-corrected chi connectivity index (χ0v) is 13.0. The number of terminal acetylenes is 1. The molecule has 1 unspecified atom stereocenters. The van der Waals surface area contributed by atoms with Crippen LogP contribution in [0.5, 0.6) is 0 Å². The number of nitrogens with zero attached hydrogens (tertiary/aromatic N) is 2. The van der Waals surface area contributed by atoms with Gasteiger partial charge in [-0.1, -0.05) is 0 Å². The zero-order valence-electron chi connectivity index (χ0n) is 13.0. The maximum absolute atomic E-state index is 14.3. The van der Waals surface area contributed by atoms with Crippen LogP contribution in [0, 0.1) is 18.2 Å². The van der Waals surface area contributed by atoms with Crippen molar-refractivity contribution in [3.63, 3.8) is 0 Å². The second kappa shape index (κ2) is 7.28. The van der Waals surface area contributed by atoms with Crippen molar-refractivity contribution in [2.24, 2.45) is 0 Å². The summed E-state index contributed by atoms with van der Waals surface area (Å²) in [6, 6.07) is 4.48. The SMILES string of the molecule is C#CCC(C)OC(=O)c1ccc(N2CCN(C)CC2)c(F)c1. The molecule has 1 saturated heterocycles. The molecule has 22 heavy (non-hydrogen) atoms. The number of hydrogen-bond donors (Lipinski definition) is 0. The molecule has 1 aliphatic rings. The predicted molar refractivity (Wildman–Crippen MR) is 84.4 cm³/mol. The maximum Gasteiger partial charge on any atom is 0.338 e. The molecule has 1 fully saturated rings. The minimum atomic E-state index is -0.549. The van der Waals surface area contributed by atoms with Crippen LogP contribution in [0.15, 0.2) is 18.2 Å². The van der Waals surface area contributed by atoms with Crippen LogP contribution in [-0.2, 0) is 4.74 Å². The molecule has 4 nitrogen and oxygen atoms in total. The van der Waals surface area contributed by atoms with Crippen molar-refractivity contribution in [1.82, 2.24) is 4.90 Å². The van der Waals surface area contributed by atoms with Crippen LogP contribution < -0.4 is 4.90 Å². The third-order valence-corrected chi connectivity index (χ3v) is 3.74. The van der Waals surface area contributed by atoms with Gasteiger partial charge in [0, 0.05) is 32.6 Å². The summed E-state index contributed by atoms with van der Waals surface area (Å²) in [6.07, 6.45) is 5.13. The van der Waals surface area contributed by atoms with Gasteiger partial charge < -0.3 is 14.5 Å². The van der Waals surface area contributed by atoms with Crippen LogP contribution in [0.3, 0.4) is 0 Å². The van der Waals surface area contributed by atoms with Gasteiger partial charge in [0.05, 0.1) is 11.3 Å². The van der Waals surface area contributed by atoms with Crippen LogP contribution in [-0.4, -0.2) is 50.2 Å². The highest BCUT2D eigenvalue weighted by Gasteiger charge is 2.19. The number of rotatable bonds is 4. The molecular weight excluding hydrogens is 283 g/mol. The Hall–Kier alpha value is -2.06. The molecule has 0 aromatic heterocycles. The van der Waals surface area contributed by atoms with Crippen molar-refractivity contribution in [3.8, 4) is 12.3 Å². The third-order valence-electron chi connectivity index (χ3n) is 3.74. The van der Waals surface area contributed by atoms with E-state index in [1.165, 1.54) is 6.07 Å². The van der Waals surface area contributed by atoms with E-state index in [2.05, 4.69) is 10.8 Å². The Morgan fingerprint density at radius 1 is 1.41 bits per heavy atom. The average Bonchev–Trinajstić information content (AvgIpc) is 2.48. The van der Waals surface area contributed by atoms with E-state index in [0.717, 1.165) is 26.2 Å². The summed E-state index contributed by atoms with van der Waals surface area (Å²) in [5.41, 5.74) is 0.737. The number of esters is 1. The lowest BCUT2D eigenvalue weighted by molar-refractivity contribution is 0.0351. The number of piperazine rings is 1. The van der Waals surface area contributed by atoms with Gasteiger partial charge in [-0.2, -0.15) is 0 Å². The summed E-state index contributed by atoms with van der Waals surface area (Å²) >= 11 is 0. The number of hydrogen-bond acceptors (Lipinski definition) is 4. The molecule has 1 heterocycles. The van der Waals surface area contributed by atoms with E-state index in [-0.39, 0.29) is 11.7 Å². The lowest BCUT2D eigenvalue weighted by Crippen LogP contribution is -2.44. The van der Waals surface area contributed by atoms with E-state index in [1.807, 2.05) is 11.9 Å². The zero-order chi connectivity index (χ0) is 16.1. The van der Waals surface area contributed by atoms with Gasteiger partial charge >= 0.3 is 5.97 Å². The highest BCUT2D eigenvalue weighted by Crippen LogP contribution is 2.22. The molecule has 0 aliphatic carbocycles. The summed E-state index contributed by atoms with van der Waals surface area (Å²) < 4.78 is 19.4. The summed E-state index contributed by atoms with van der Waals surface area (Å²) in [6.45, 7) is 5.05. The van der Waals surface area contributed by atoms with Crippen molar-refractivity contribution in [2.75, 3.05) is 38.1 Å². The normalized spacial score (nSPS) is 16.9. The molecule has 0 bridgehead atoms. The van der Waals surface area contributed by atoms with Crippen molar-refractivity contribution >= 4 is 11.7 Å². The number of carbonyl (C=O) groups excluding carboxylic acids is 1. The molecule has 0 radical (unpaired) electrons. The van der Waals surface area contributed by atoms with Gasteiger partial charge in [-0.15, -0.1) is 12.3 Å². The van der Waals surface area contributed by atoms with Crippen LogP contribution >= 0.6 is 0 Å². The highest BCUT2D eigenvalue weighted by atomic mass is 19.1. The molecule has 1 atom stereocenters. The van der Waals surface area contributed by atoms with Crippen molar-refractivity contribution < 1.29 is 13.9 Å². The van der Waals surface area contributed by atoms with E-state index in [0.29, 0.717) is 12.1 Å². The lowest BCUT2D eigenvalue weighted by Gasteiger charge is -2.34. The van der Waals surface area contributed by atoms with Crippen molar-refractivity contribution in [2.45, 2.75) is 19.4 Å². The predicted octanol–water partition coefficient (Wildman–Crippen LogP) is 2.15. The first-order chi connectivity index (χ1) is 10.5. The smallest absolute Gasteiger partial charge is 0.338 e. The number of carbonyl (C=O) groups is 1. The number of anilines is 1. The lowest BCUT2D eigenvalue weighted by atomic mass is 10.1. The Bertz CT molecular complexity index is 575. The molecule has 0 saturated carbocycles. The molecule has 0 amide bonds. The molecule has 118 valence electrons. The van der Waals surface area contributed by atoms with Crippen LogP contribution in [0.4, 0.5) is 10.1 Å². The first-order valence-corrected chi connectivity index (χ1v) is 7.38. The number of likely N-dealkylation sites (N-methyl/N-ethyl adjacent to an activating group) is 1. The van der Waals surface area contributed by atoms with Crippen molar-refractivity contribution in [1.29, 1.82) is 0 Å². The van der Waals surface area contributed by atoms with Gasteiger partial charge in [-0.25, -0.2) is 9.18 Å². The van der Waals surface area contributed by atoms with Crippen LogP contribution in [0.25, 0.3) is 0 Å². The van der Waals surface area contributed by atoms with E-state index < -0.39 is 11.8 Å². The number of halogens is 1. The Morgan fingerprint density at radius 3 is 2.68 bits per heavy atom. The van der Waals surface area contributed by atoms with Gasteiger partial charge in [0.1, 0.15) is 11.9 Å². The van der Waals surface area contributed by atoms with E-state index in [1.54, 1.807) is 19.1 Å². The van der Waals surface area contributed by atoms with Gasteiger partial charge in [0.25, 0.3) is 0 Å². The maximum atomic E-state index is 14.3. The molecule has 2 rings (SSSR count). The Balaban J connectivity index is 2.06. The fourth-order valence-corrected chi connectivity index (χ4v) is 2.40. The van der Waals surface area contributed by atoms with Gasteiger partial charge in [0.15, 0.2) is 0 Å². The molecule has 1 aromatic rings. The average molecular weight is 304 g/mol. The van der Waals surface area contributed by atoms with Gasteiger partial charge in [-0.3, -0.25) is 0 Å². The Kier molecular flexibility index (Phi) is 5.40. The molecule has 0 N–H and O–H groups in total. The second-order valence-electron chi connectivity index (χ2n) is 5.58. The molecule has 1 aromatic carbocycles. The Morgan fingerprint density at radius 2 is 2.09 bits per heavy atom. The quantitative estimate of drug-likeness (QED) is 0.630. The largest absolute Gasteiger partial charge is 0.458 e. The molecular formula is C17H21FN2O2. The molecule has 1 aliphatic heterocycles. The fourth-order valence-electron chi connectivity index (χ4n) is 2.40. The second-order valence-corrected chi connectivity index (χ2v) is 5.58. The van der Waals surface area contributed by atoms with Gasteiger partial charge in [0.2, 0.25) is 0 Å². The number of benzene rings is 1. The summed E-state index contributed by atoms with van der Waals surface area (Å²) in [7, 11) is 2.05. The van der Waals surface area contributed by atoms with Gasteiger partial charge in [-0.05, 0) is 32.2 Å². The van der Waals surface area contributed by atoms with Crippen molar-refractivity contribution in [3.05, 3.63) is 29.6 Å².